The smallest absolute Gasteiger partial charge is 0.220 e. The first-order valence-electron chi connectivity index (χ1n) is 6.07. The maximum Gasteiger partial charge on any atom is 0.220 e. The van der Waals surface area contributed by atoms with Crippen molar-refractivity contribution in [3.05, 3.63) is 0 Å². The summed E-state index contributed by atoms with van der Waals surface area (Å²) in [6.45, 7) is 3.70. The lowest BCUT2D eigenvalue weighted by atomic mass is 9.83. The summed E-state index contributed by atoms with van der Waals surface area (Å²) in [5.41, 5.74) is 0. The normalized spacial score (nSPS) is 64.7. The fourth-order valence-corrected chi connectivity index (χ4v) is 4.08. The van der Waals surface area contributed by atoms with Gasteiger partial charge in [-0.25, -0.2) is 10.1 Å². The molecule has 0 aliphatic carbocycles. The standard InChI is InChI=1S/C11H16O7/c1-10-4-5-7(14-6(4)8(13-3)15-10)9(17-12)16-11(5,2)18-10/h4-9,12H,1-3H3/t4?,5?,6?,7?,8-,9+,10?,11?/m1/s1. The molecule has 4 aliphatic heterocycles. The van der Waals surface area contributed by atoms with Crippen LogP contribution in [-0.2, 0) is 28.6 Å². The average Bonchev–Trinajstić information content (AvgIpc) is 2.95. The maximum atomic E-state index is 8.89. The minimum atomic E-state index is -0.856. The van der Waals surface area contributed by atoms with E-state index in [9.17, 15) is 0 Å². The van der Waals surface area contributed by atoms with Crippen LogP contribution in [-0.4, -0.2) is 48.7 Å². The lowest BCUT2D eigenvalue weighted by Gasteiger charge is -2.29. The van der Waals surface area contributed by atoms with Crippen LogP contribution in [0.3, 0.4) is 0 Å². The van der Waals surface area contributed by atoms with Gasteiger partial charge in [0.2, 0.25) is 6.29 Å². The fraction of sp³-hybridized carbons (Fsp3) is 1.00. The van der Waals surface area contributed by atoms with Crippen molar-refractivity contribution in [2.75, 3.05) is 7.11 Å². The van der Waals surface area contributed by atoms with Gasteiger partial charge in [0.25, 0.3) is 0 Å². The van der Waals surface area contributed by atoms with Crippen molar-refractivity contribution in [2.24, 2.45) is 11.8 Å². The molecule has 0 radical (unpaired) electrons. The zero-order valence-corrected chi connectivity index (χ0v) is 10.4. The van der Waals surface area contributed by atoms with Gasteiger partial charge in [-0.05, 0) is 13.8 Å². The average molecular weight is 260 g/mol. The lowest BCUT2D eigenvalue weighted by Crippen LogP contribution is -2.38. The first-order valence-corrected chi connectivity index (χ1v) is 6.07. The molecular weight excluding hydrogens is 244 g/mol. The topological polar surface area (TPSA) is 75.6 Å². The van der Waals surface area contributed by atoms with E-state index in [-0.39, 0.29) is 24.0 Å². The number of methoxy groups -OCH3 is 1. The summed E-state index contributed by atoms with van der Waals surface area (Å²) in [4.78, 5) is 4.34. The molecule has 7 nitrogen and oxygen atoms in total. The second-order valence-corrected chi connectivity index (χ2v) is 5.56. The van der Waals surface area contributed by atoms with Gasteiger partial charge in [-0.1, -0.05) is 0 Å². The third kappa shape index (κ3) is 1.10. The molecule has 0 bridgehead atoms. The van der Waals surface area contributed by atoms with Crippen molar-refractivity contribution in [3.8, 4) is 0 Å². The van der Waals surface area contributed by atoms with Crippen LogP contribution in [0.5, 0.6) is 0 Å². The number of hydrogen-bond acceptors (Lipinski definition) is 7. The SMILES string of the molecule is CO[C@@H]1OC2(C)OC3(C)O[C@@H](OO)C4OC1C2C43. The van der Waals surface area contributed by atoms with Gasteiger partial charge in [0.05, 0.1) is 11.8 Å². The lowest BCUT2D eigenvalue weighted by molar-refractivity contribution is -0.405. The van der Waals surface area contributed by atoms with Crippen molar-refractivity contribution < 1.29 is 33.8 Å². The van der Waals surface area contributed by atoms with Crippen molar-refractivity contribution in [2.45, 2.75) is 50.2 Å². The summed E-state index contributed by atoms with van der Waals surface area (Å²) in [6.07, 6.45) is -1.88. The molecule has 18 heavy (non-hydrogen) atoms. The molecule has 4 aliphatic rings. The monoisotopic (exact) mass is 260 g/mol. The quantitative estimate of drug-likeness (QED) is 0.565. The van der Waals surface area contributed by atoms with Crippen LogP contribution in [0.15, 0.2) is 0 Å². The summed E-state index contributed by atoms with van der Waals surface area (Å²) in [6, 6.07) is 0. The van der Waals surface area contributed by atoms with E-state index >= 15 is 0 Å². The van der Waals surface area contributed by atoms with Gasteiger partial charge in [-0.3, -0.25) is 0 Å². The Bertz CT molecular complexity index is 356. The molecule has 4 heterocycles. The van der Waals surface area contributed by atoms with E-state index in [0.29, 0.717) is 0 Å². The molecule has 7 heteroatoms. The molecule has 1 N–H and O–H groups in total. The zero-order valence-electron chi connectivity index (χ0n) is 10.4. The number of hydrogen-bond donors (Lipinski definition) is 1. The summed E-state index contributed by atoms with van der Waals surface area (Å²) in [5.74, 6) is -1.66. The highest BCUT2D eigenvalue weighted by molar-refractivity contribution is 5.14. The Hall–Kier alpha value is -0.280. The van der Waals surface area contributed by atoms with Crippen LogP contribution < -0.4 is 0 Å². The minimum Gasteiger partial charge on any atom is -0.363 e. The molecule has 0 aromatic rings. The Morgan fingerprint density at radius 3 is 2.11 bits per heavy atom. The molecule has 0 aromatic carbocycles. The van der Waals surface area contributed by atoms with Gasteiger partial charge >= 0.3 is 0 Å². The molecule has 0 aromatic heterocycles. The van der Waals surface area contributed by atoms with E-state index < -0.39 is 24.2 Å². The van der Waals surface area contributed by atoms with Crippen LogP contribution >= 0.6 is 0 Å². The van der Waals surface area contributed by atoms with Crippen molar-refractivity contribution in [1.29, 1.82) is 0 Å². The molecule has 0 saturated carbocycles. The van der Waals surface area contributed by atoms with E-state index in [4.69, 9.17) is 28.9 Å². The maximum absolute atomic E-state index is 8.89. The van der Waals surface area contributed by atoms with E-state index in [1.165, 1.54) is 0 Å². The molecular formula is C11H16O7. The summed E-state index contributed by atoms with van der Waals surface area (Å²) in [5, 5.41) is 8.89. The number of ether oxygens (including phenoxy) is 5. The second-order valence-electron chi connectivity index (χ2n) is 5.56. The number of rotatable bonds is 2. The molecule has 0 amide bonds. The predicted molar refractivity (Wildman–Crippen MR) is 54.0 cm³/mol. The largest absolute Gasteiger partial charge is 0.363 e. The molecule has 102 valence electrons. The van der Waals surface area contributed by atoms with Crippen LogP contribution in [0.4, 0.5) is 0 Å². The molecule has 4 rings (SSSR count). The van der Waals surface area contributed by atoms with E-state index in [2.05, 4.69) is 4.89 Å². The Morgan fingerprint density at radius 1 is 1.00 bits per heavy atom. The Kier molecular flexibility index (Phi) is 2.08. The fourth-order valence-electron chi connectivity index (χ4n) is 4.08. The van der Waals surface area contributed by atoms with E-state index in [1.807, 2.05) is 13.8 Å². The summed E-state index contributed by atoms with van der Waals surface area (Å²) < 4.78 is 28.5. The molecule has 0 spiro atoms. The summed E-state index contributed by atoms with van der Waals surface area (Å²) in [7, 11) is 1.57. The van der Waals surface area contributed by atoms with Crippen LogP contribution in [0.2, 0.25) is 0 Å². The highest BCUT2D eigenvalue weighted by Crippen LogP contribution is 2.64. The van der Waals surface area contributed by atoms with Crippen LogP contribution in [0.1, 0.15) is 13.8 Å². The first-order chi connectivity index (χ1) is 8.52. The van der Waals surface area contributed by atoms with Crippen molar-refractivity contribution in [1.82, 2.24) is 0 Å². The van der Waals surface area contributed by atoms with Crippen LogP contribution in [0.25, 0.3) is 0 Å². The van der Waals surface area contributed by atoms with Crippen molar-refractivity contribution >= 4 is 0 Å². The Balaban J connectivity index is 1.76. The highest BCUT2D eigenvalue weighted by Gasteiger charge is 2.78. The van der Waals surface area contributed by atoms with Gasteiger partial charge < -0.3 is 23.7 Å². The highest BCUT2D eigenvalue weighted by atomic mass is 17.1. The predicted octanol–water partition coefficient (Wildman–Crippen LogP) is 0.297. The molecule has 4 saturated heterocycles. The second kappa shape index (κ2) is 3.24. The molecule has 8 atom stereocenters. The van der Waals surface area contributed by atoms with Gasteiger partial charge in [0.15, 0.2) is 17.9 Å². The van der Waals surface area contributed by atoms with Gasteiger partial charge in [-0.15, -0.1) is 0 Å². The van der Waals surface area contributed by atoms with Gasteiger partial charge in [0, 0.05) is 7.11 Å². The van der Waals surface area contributed by atoms with Gasteiger partial charge in [-0.2, -0.15) is 0 Å². The summed E-state index contributed by atoms with van der Waals surface area (Å²) >= 11 is 0. The Morgan fingerprint density at radius 2 is 1.56 bits per heavy atom. The molecule has 6 unspecified atom stereocenters. The van der Waals surface area contributed by atoms with Crippen LogP contribution in [0, 0.1) is 11.8 Å². The van der Waals surface area contributed by atoms with E-state index in [0.717, 1.165) is 0 Å². The van der Waals surface area contributed by atoms with Gasteiger partial charge in [0.1, 0.15) is 12.2 Å². The third-order valence-electron chi connectivity index (χ3n) is 4.60. The third-order valence-corrected chi connectivity index (χ3v) is 4.60. The van der Waals surface area contributed by atoms with E-state index in [1.54, 1.807) is 7.11 Å². The van der Waals surface area contributed by atoms with Crippen molar-refractivity contribution in [3.63, 3.8) is 0 Å². The first kappa shape index (κ1) is 11.5. The Labute approximate surface area is 104 Å². The minimum absolute atomic E-state index is 0.0117. The molecule has 4 fully saturated rings. The zero-order chi connectivity index (χ0) is 12.7.